The Labute approximate surface area is 106 Å². The number of nitrogens with zero attached hydrogens (tertiary/aromatic N) is 2. The molecule has 1 aromatic carbocycles. The first-order chi connectivity index (χ1) is 8.69. The van der Waals surface area contributed by atoms with Crippen LogP contribution in [0.2, 0.25) is 0 Å². The molecule has 0 spiro atoms. The lowest BCUT2D eigenvalue weighted by Crippen LogP contribution is -2.05. The smallest absolute Gasteiger partial charge is 0.258 e. The molecule has 5 nitrogen and oxygen atoms in total. The molecule has 0 atom stereocenters. The van der Waals surface area contributed by atoms with E-state index in [9.17, 15) is 0 Å². The van der Waals surface area contributed by atoms with E-state index in [4.69, 9.17) is 15.0 Å². The fourth-order valence-corrected chi connectivity index (χ4v) is 1.58. The van der Waals surface area contributed by atoms with Crippen LogP contribution in [0.5, 0.6) is 5.75 Å². The molecule has 0 amide bonds. The van der Waals surface area contributed by atoms with Gasteiger partial charge in [0, 0.05) is 12.0 Å². The van der Waals surface area contributed by atoms with Gasteiger partial charge in [-0.1, -0.05) is 11.2 Å². The summed E-state index contributed by atoms with van der Waals surface area (Å²) in [4.78, 5) is 4.28. The number of rotatable bonds is 5. The molecule has 0 unspecified atom stereocenters. The topological polar surface area (TPSA) is 74.2 Å². The van der Waals surface area contributed by atoms with Crippen molar-refractivity contribution in [2.45, 2.75) is 26.4 Å². The summed E-state index contributed by atoms with van der Waals surface area (Å²) < 4.78 is 10.8. The van der Waals surface area contributed by atoms with Gasteiger partial charge < -0.3 is 15.0 Å². The zero-order valence-corrected chi connectivity index (χ0v) is 10.6. The molecule has 96 valence electrons. The van der Waals surface area contributed by atoms with Crippen molar-refractivity contribution in [2.24, 2.45) is 5.73 Å². The molecule has 5 heteroatoms. The van der Waals surface area contributed by atoms with Crippen molar-refractivity contribution in [2.75, 3.05) is 6.54 Å². The lowest BCUT2D eigenvalue weighted by atomic mass is 10.2. The van der Waals surface area contributed by atoms with Crippen molar-refractivity contribution < 1.29 is 9.26 Å². The first kappa shape index (κ1) is 12.6. The fourth-order valence-electron chi connectivity index (χ4n) is 1.58. The van der Waals surface area contributed by atoms with Crippen LogP contribution in [0, 0.1) is 0 Å². The number of hydrogen-bond donors (Lipinski definition) is 1. The van der Waals surface area contributed by atoms with Crippen LogP contribution in [-0.2, 0) is 6.42 Å². The van der Waals surface area contributed by atoms with Crippen molar-refractivity contribution >= 4 is 0 Å². The van der Waals surface area contributed by atoms with Gasteiger partial charge in [0.15, 0.2) is 5.82 Å². The van der Waals surface area contributed by atoms with Crippen molar-refractivity contribution in [3.63, 3.8) is 0 Å². The van der Waals surface area contributed by atoms with Gasteiger partial charge in [-0.15, -0.1) is 0 Å². The van der Waals surface area contributed by atoms with E-state index >= 15 is 0 Å². The van der Waals surface area contributed by atoms with Crippen molar-refractivity contribution in [3.8, 4) is 17.2 Å². The minimum absolute atomic E-state index is 0.135. The van der Waals surface area contributed by atoms with E-state index in [1.807, 2.05) is 38.1 Å². The average Bonchev–Trinajstić information content (AvgIpc) is 2.78. The summed E-state index contributed by atoms with van der Waals surface area (Å²) in [5, 5.41) is 3.87. The highest BCUT2D eigenvalue weighted by Crippen LogP contribution is 2.23. The van der Waals surface area contributed by atoms with E-state index in [0.717, 1.165) is 11.3 Å². The Morgan fingerprint density at radius 3 is 2.94 bits per heavy atom. The van der Waals surface area contributed by atoms with Crippen LogP contribution in [-0.4, -0.2) is 22.8 Å². The van der Waals surface area contributed by atoms with Gasteiger partial charge in [0.05, 0.1) is 6.10 Å². The second-order valence-electron chi connectivity index (χ2n) is 4.25. The lowest BCUT2D eigenvalue weighted by Gasteiger charge is -2.09. The van der Waals surface area contributed by atoms with Gasteiger partial charge in [0.1, 0.15) is 5.75 Å². The second-order valence-corrected chi connectivity index (χ2v) is 4.25. The quantitative estimate of drug-likeness (QED) is 0.875. The van der Waals surface area contributed by atoms with E-state index in [1.165, 1.54) is 0 Å². The highest BCUT2D eigenvalue weighted by Gasteiger charge is 2.09. The molecule has 2 aromatic rings. The van der Waals surface area contributed by atoms with Crippen molar-refractivity contribution in [1.82, 2.24) is 10.1 Å². The third-order valence-electron chi connectivity index (χ3n) is 2.29. The monoisotopic (exact) mass is 247 g/mol. The fraction of sp³-hybridized carbons (Fsp3) is 0.385. The van der Waals surface area contributed by atoms with Crippen LogP contribution in [0.4, 0.5) is 0 Å². The Kier molecular flexibility index (Phi) is 3.94. The molecule has 0 aliphatic rings. The minimum Gasteiger partial charge on any atom is -0.491 e. The summed E-state index contributed by atoms with van der Waals surface area (Å²) in [6.07, 6.45) is 0.752. The first-order valence-corrected chi connectivity index (χ1v) is 5.99. The molecule has 0 aliphatic carbocycles. The SMILES string of the molecule is CC(C)Oc1cccc(-c2nc(CCN)no2)c1. The molecule has 0 radical (unpaired) electrons. The normalized spacial score (nSPS) is 10.9. The zero-order chi connectivity index (χ0) is 13.0. The second kappa shape index (κ2) is 5.64. The number of nitrogens with two attached hydrogens (primary N) is 1. The Bertz CT molecular complexity index is 508. The summed E-state index contributed by atoms with van der Waals surface area (Å²) in [5.74, 6) is 1.91. The zero-order valence-electron chi connectivity index (χ0n) is 10.6. The van der Waals surface area contributed by atoms with E-state index < -0.39 is 0 Å². The molecule has 0 fully saturated rings. The van der Waals surface area contributed by atoms with Gasteiger partial charge in [0.2, 0.25) is 0 Å². The van der Waals surface area contributed by atoms with Gasteiger partial charge in [0.25, 0.3) is 5.89 Å². The predicted molar refractivity (Wildman–Crippen MR) is 68.3 cm³/mol. The van der Waals surface area contributed by atoms with Gasteiger partial charge in [-0.25, -0.2) is 0 Å². The molecule has 0 aliphatic heterocycles. The van der Waals surface area contributed by atoms with Crippen LogP contribution >= 0.6 is 0 Å². The minimum atomic E-state index is 0.135. The maximum Gasteiger partial charge on any atom is 0.258 e. The first-order valence-electron chi connectivity index (χ1n) is 5.99. The van der Waals surface area contributed by atoms with Crippen LogP contribution < -0.4 is 10.5 Å². The largest absolute Gasteiger partial charge is 0.491 e. The van der Waals surface area contributed by atoms with Gasteiger partial charge in [-0.2, -0.15) is 4.98 Å². The Balaban J connectivity index is 2.21. The maximum absolute atomic E-state index is 5.62. The molecule has 2 N–H and O–H groups in total. The lowest BCUT2D eigenvalue weighted by molar-refractivity contribution is 0.242. The van der Waals surface area contributed by atoms with Crippen LogP contribution in [0.1, 0.15) is 19.7 Å². The molecule has 2 rings (SSSR count). The number of benzene rings is 1. The Hall–Kier alpha value is -1.88. The molecule has 1 heterocycles. The number of ether oxygens (including phenoxy) is 1. The Morgan fingerprint density at radius 2 is 2.22 bits per heavy atom. The highest BCUT2D eigenvalue weighted by atomic mass is 16.5. The molecule has 0 saturated carbocycles. The Morgan fingerprint density at radius 1 is 1.39 bits per heavy atom. The average molecular weight is 247 g/mol. The summed E-state index contributed by atoms with van der Waals surface area (Å²) >= 11 is 0. The van der Waals surface area contributed by atoms with Crippen molar-refractivity contribution in [3.05, 3.63) is 30.1 Å². The third kappa shape index (κ3) is 3.07. The van der Waals surface area contributed by atoms with Crippen LogP contribution in [0.3, 0.4) is 0 Å². The summed E-state index contributed by atoms with van der Waals surface area (Å²) in [6, 6.07) is 7.60. The van der Waals surface area contributed by atoms with E-state index in [-0.39, 0.29) is 6.10 Å². The van der Waals surface area contributed by atoms with Crippen LogP contribution in [0.15, 0.2) is 28.8 Å². The van der Waals surface area contributed by atoms with E-state index in [0.29, 0.717) is 24.7 Å². The number of aromatic nitrogens is 2. The summed E-state index contributed by atoms with van der Waals surface area (Å²) in [5.41, 5.74) is 6.30. The summed E-state index contributed by atoms with van der Waals surface area (Å²) in [7, 11) is 0. The van der Waals surface area contributed by atoms with E-state index in [2.05, 4.69) is 10.1 Å². The molecule has 18 heavy (non-hydrogen) atoms. The van der Waals surface area contributed by atoms with Gasteiger partial charge >= 0.3 is 0 Å². The highest BCUT2D eigenvalue weighted by molar-refractivity contribution is 5.55. The summed E-state index contributed by atoms with van der Waals surface area (Å²) in [6.45, 7) is 4.48. The molecular formula is C13H17N3O2. The van der Waals surface area contributed by atoms with Crippen molar-refractivity contribution in [1.29, 1.82) is 0 Å². The third-order valence-corrected chi connectivity index (χ3v) is 2.29. The molecule has 0 bridgehead atoms. The van der Waals surface area contributed by atoms with Gasteiger partial charge in [-0.05, 0) is 38.6 Å². The molecule has 1 aromatic heterocycles. The predicted octanol–water partition coefficient (Wildman–Crippen LogP) is 2.02. The maximum atomic E-state index is 5.62. The molecule has 0 saturated heterocycles. The van der Waals surface area contributed by atoms with E-state index in [1.54, 1.807) is 0 Å². The van der Waals surface area contributed by atoms with Gasteiger partial charge in [-0.3, -0.25) is 0 Å². The molecular weight excluding hydrogens is 230 g/mol. The number of hydrogen-bond acceptors (Lipinski definition) is 5. The standard InChI is InChI=1S/C13H17N3O2/c1-9(2)17-11-5-3-4-10(8-11)13-15-12(6-7-14)16-18-13/h3-5,8-9H,6-7,14H2,1-2H3. The van der Waals surface area contributed by atoms with Crippen LogP contribution in [0.25, 0.3) is 11.5 Å².